The number of nitrogens with two attached hydrogens (primary N) is 1. The van der Waals surface area contributed by atoms with Crippen molar-refractivity contribution in [3.05, 3.63) is 65.7 Å². The zero-order chi connectivity index (χ0) is 24.7. The molecule has 8 heteroatoms. The fourth-order valence-corrected chi connectivity index (χ4v) is 4.04. The molecule has 0 aromatic heterocycles. The monoisotopic (exact) mass is 465 g/mol. The third-order valence-corrected chi connectivity index (χ3v) is 5.67. The summed E-state index contributed by atoms with van der Waals surface area (Å²) in [7, 11) is 0. The number of nitrogens with zero attached hydrogens (tertiary/aromatic N) is 1. The molecule has 1 saturated heterocycles. The van der Waals surface area contributed by atoms with Crippen molar-refractivity contribution < 1.29 is 14.3 Å². The molecule has 5 N–H and O–H groups in total. The zero-order valence-electron chi connectivity index (χ0n) is 20.1. The number of anilines is 1. The van der Waals surface area contributed by atoms with E-state index in [1.807, 2.05) is 47.4 Å². The normalized spacial score (nSPS) is 16.6. The number of amidine groups is 1. The molecule has 1 aliphatic heterocycles. The average molecular weight is 466 g/mol. The lowest BCUT2D eigenvalue weighted by Crippen LogP contribution is -2.53. The number of likely N-dealkylation sites (tertiary alicyclic amines) is 1. The van der Waals surface area contributed by atoms with Crippen LogP contribution in [0.4, 0.5) is 10.5 Å². The van der Waals surface area contributed by atoms with E-state index in [0.29, 0.717) is 25.1 Å². The molecule has 3 rings (SSSR count). The summed E-state index contributed by atoms with van der Waals surface area (Å²) in [5.41, 5.74) is 7.41. The minimum absolute atomic E-state index is 0.0127. The first kappa shape index (κ1) is 25.1. The molecule has 2 amide bonds. The maximum atomic E-state index is 13.6. The summed E-state index contributed by atoms with van der Waals surface area (Å²) < 4.78 is 5.42. The van der Waals surface area contributed by atoms with Gasteiger partial charge in [0.2, 0.25) is 5.91 Å². The van der Waals surface area contributed by atoms with Crippen LogP contribution in [0.15, 0.2) is 54.6 Å². The molecular formula is C26H35N5O3. The topological polar surface area (TPSA) is 121 Å². The van der Waals surface area contributed by atoms with Crippen LogP contribution >= 0.6 is 0 Å². The van der Waals surface area contributed by atoms with Crippen molar-refractivity contribution in [3.8, 4) is 0 Å². The minimum Gasteiger partial charge on any atom is -0.444 e. The van der Waals surface area contributed by atoms with E-state index in [1.165, 1.54) is 0 Å². The Morgan fingerprint density at radius 1 is 1.15 bits per heavy atom. The molecule has 1 aliphatic rings. The van der Waals surface area contributed by atoms with Crippen LogP contribution < -0.4 is 16.4 Å². The second-order valence-corrected chi connectivity index (χ2v) is 9.59. The smallest absolute Gasteiger partial charge is 0.408 e. The highest BCUT2D eigenvalue weighted by Gasteiger charge is 2.34. The highest BCUT2D eigenvalue weighted by Crippen LogP contribution is 2.21. The van der Waals surface area contributed by atoms with Crippen molar-refractivity contribution in [1.29, 1.82) is 5.41 Å². The number of carbonyl (C=O) groups is 2. The summed E-state index contributed by atoms with van der Waals surface area (Å²) in [5, 5.41) is 13.7. The molecule has 1 heterocycles. The predicted octanol–water partition coefficient (Wildman–Crippen LogP) is 3.51. The van der Waals surface area contributed by atoms with Crippen LogP contribution in [0.5, 0.6) is 0 Å². The molecule has 0 bridgehead atoms. The molecule has 0 unspecified atom stereocenters. The lowest BCUT2D eigenvalue weighted by atomic mass is 10.0. The summed E-state index contributed by atoms with van der Waals surface area (Å²) in [5.74, 6) is -0.0769. The number of hydrogen-bond acceptors (Lipinski definition) is 5. The fourth-order valence-electron chi connectivity index (χ4n) is 4.04. The largest absolute Gasteiger partial charge is 0.444 e. The Bertz CT molecular complexity index is 986. The van der Waals surface area contributed by atoms with E-state index in [4.69, 9.17) is 15.9 Å². The van der Waals surface area contributed by atoms with Crippen molar-refractivity contribution in [1.82, 2.24) is 10.2 Å². The number of hydrogen-bond donors (Lipinski definition) is 4. The number of amides is 2. The Labute approximate surface area is 201 Å². The van der Waals surface area contributed by atoms with E-state index in [9.17, 15) is 9.59 Å². The van der Waals surface area contributed by atoms with Gasteiger partial charge in [0.25, 0.3) is 0 Å². The van der Waals surface area contributed by atoms with E-state index in [-0.39, 0.29) is 17.8 Å². The summed E-state index contributed by atoms with van der Waals surface area (Å²) in [6.45, 7) is 6.63. The summed E-state index contributed by atoms with van der Waals surface area (Å²) in [4.78, 5) is 28.0. The highest BCUT2D eigenvalue weighted by atomic mass is 16.6. The lowest BCUT2D eigenvalue weighted by Gasteiger charge is -2.30. The molecule has 0 spiro atoms. The van der Waals surface area contributed by atoms with Crippen molar-refractivity contribution in [2.24, 2.45) is 5.73 Å². The molecule has 2 aromatic carbocycles. The van der Waals surface area contributed by atoms with E-state index in [2.05, 4.69) is 10.6 Å². The van der Waals surface area contributed by atoms with Crippen LogP contribution in [0.1, 0.15) is 44.7 Å². The second-order valence-electron chi connectivity index (χ2n) is 9.59. The number of benzene rings is 2. The van der Waals surface area contributed by atoms with Gasteiger partial charge in [-0.25, -0.2) is 4.79 Å². The van der Waals surface area contributed by atoms with Crippen molar-refractivity contribution in [2.45, 2.75) is 57.7 Å². The Morgan fingerprint density at radius 3 is 2.44 bits per heavy atom. The second kappa shape index (κ2) is 11.0. The first-order valence-corrected chi connectivity index (χ1v) is 11.6. The van der Waals surface area contributed by atoms with Gasteiger partial charge in [0.15, 0.2) is 0 Å². The van der Waals surface area contributed by atoms with Gasteiger partial charge in [0.1, 0.15) is 17.5 Å². The van der Waals surface area contributed by atoms with Gasteiger partial charge in [-0.15, -0.1) is 0 Å². The van der Waals surface area contributed by atoms with Crippen molar-refractivity contribution >= 4 is 23.5 Å². The van der Waals surface area contributed by atoms with Crippen LogP contribution in [0, 0.1) is 5.41 Å². The third kappa shape index (κ3) is 7.23. The van der Waals surface area contributed by atoms with Crippen LogP contribution in [0.2, 0.25) is 0 Å². The molecule has 0 saturated carbocycles. The molecule has 0 aliphatic carbocycles. The number of nitrogen functional groups attached to an aromatic ring is 1. The standard InChI is InChI=1S/C26H35N5O3/c1-26(2,3)34-25(33)30-22(16-18-8-5-4-6-9-18)24(32)31-15-7-10-21(31)17-29-20-13-11-19(12-14-20)23(27)28/h4-6,8-9,11-14,21-22,29H,7,10,15-17H2,1-3H3,(H3,27,28)(H,30,33)/t21-,22+/m0/s1. The van der Waals surface area contributed by atoms with Crippen LogP contribution in [-0.2, 0) is 16.0 Å². The number of alkyl carbamates (subject to hydrolysis) is 1. The SMILES string of the molecule is CC(C)(C)OC(=O)N[C@H](Cc1ccccc1)C(=O)N1CCC[C@H]1CNc1ccc(C(=N)N)cc1. The quantitative estimate of drug-likeness (QED) is 0.351. The summed E-state index contributed by atoms with van der Waals surface area (Å²) >= 11 is 0. The van der Waals surface area contributed by atoms with E-state index < -0.39 is 17.7 Å². The minimum atomic E-state index is -0.715. The Balaban J connectivity index is 1.68. The Morgan fingerprint density at radius 2 is 1.82 bits per heavy atom. The van der Waals surface area contributed by atoms with E-state index in [0.717, 1.165) is 24.1 Å². The maximum Gasteiger partial charge on any atom is 0.408 e. The van der Waals surface area contributed by atoms with Crippen molar-refractivity contribution in [3.63, 3.8) is 0 Å². The maximum absolute atomic E-state index is 13.6. The molecule has 1 fully saturated rings. The Hall–Kier alpha value is -3.55. The van der Waals surface area contributed by atoms with Gasteiger partial charge < -0.3 is 26.0 Å². The number of ether oxygens (including phenoxy) is 1. The van der Waals surface area contributed by atoms with Crippen LogP contribution in [-0.4, -0.2) is 53.5 Å². The van der Waals surface area contributed by atoms with Gasteiger partial charge in [0, 0.05) is 36.8 Å². The predicted molar refractivity (Wildman–Crippen MR) is 134 cm³/mol. The van der Waals surface area contributed by atoms with Crippen LogP contribution in [0.25, 0.3) is 0 Å². The number of nitrogens with one attached hydrogen (secondary N) is 3. The summed E-state index contributed by atoms with van der Waals surface area (Å²) in [6.07, 6.45) is 1.59. The highest BCUT2D eigenvalue weighted by molar-refractivity contribution is 5.95. The molecule has 2 atom stereocenters. The molecular weight excluding hydrogens is 430 g/mol. The molecule has 0 radical (unpaired) electrons. The third-order valence-electron chi connectivity index (χ3n) is 5.67. The van der Waals surface area contributed by atoms with Crippen LogP contribution in [0.3, 0.4) is 0 Å². The average Bonchev–Trinajstić information content (AvgIpc) is 3.25. The van der Waals surface area contributed by atoms with E-state index in [1.54, 1.807) is 32.9 Å². The van der Waals surface area contributed by atoms with Gasteiger partial charge in [0.05, 0.1) is 0 Å². The van der Waals surface area contributed by atoms with Crippen molar-refractivity contribution in [2.75, 3.05) is 18.4 Å². The number of rotatable bonds is 8. The first-order valence-electron chi connectivity index (χ1n) is 11.6. The summed E-state index contributed by atoms with van der Waals surface area (Å²) in [6, 6.07) is 16.3. The lowest BCUT2D eigenvalue weighted by molar-refractivity contribution is -0.134. The van der Waals surface area contributed by atoms with Gasteiger partial charge in [-0.3, -0.25) is 10.2 Å². The van der Waals surface area contributed by atoms with Gasteiger partial charge >= 0.3 is 6.09 Å². The Kier molecular flexibility index (Phi) is 8.15. The van der Waals surface area contributed by atoms with E-state index >= 15 is 0 Å². The van der Waals surface area contributed by atoms with Gasteiger partial charge in [-0.05, 0) is 63.4 Å². The molecule has 8 nitrogen and oxygen atoms in total. The number of carbonyl (C=O) groups excluding carboxylic acids is 2. The zero-order valence-corrected chi connectivity index (χ0v) is 20.1. The molecule has 34 heavy (non-hydrogen) atoms. The van der Waals surface area contributed by atoms with Gasteiger partial charge in [-0.1, -0.05) is 30.3 Å². The van der Waals surface area contributed by atoms with Gasteiger partial charge in [-0.2, -0.15) is 0 Å². The molecule has 182 valence electrons. The first-order chi connectivity index (χ1) is 16.1. The molecule has 2 aromatic rings. The fraction of sp³-hybridized carbons (Fsp3) is 0.423.